The average molecular weight is 328 g/mol. The number of nitrogens with two attached hydrogens (primary N) is 1. The summed E-state index contributed by atoms with van der Waals surface area (Å²) >= 11 is 0. The zero-order valence-corrected chi connectivity index (χ0v) is 13.1. The molecule has 0 bridgehead atoms. The maximum absolute atomic E-state index is 13.1. The summed E-state index contributed by atoms with van der Waals surface area (Å²) in [5.74, 6) is -1.33. The van der Waals surface area contributed by atoms with Gasteiger partial charge in [-0.3, -0.25) is 9.59 Å². The van der Waals surface area contributed by atoms with E-state index in [1.165, 1.54) is 24.5 Å². The van der Waals surface area contributed by atoms with Gasteiger partial charge in [0.2, 0.25) is 0 Å². The number of rotatable bonds is 3. The predicted molar refractivity (Wildman–Crippen MR) is 84.8 cm³/mol. The molecule has 1 aliphatic rings. The third-order valence-electron chi connectivity index (χ3n) is 4.31. The first-order valence-corrected chi connectivity index (χ1v) is 7.64. The molecular formula is C17H17FN4O2. The topological polar surface area (TPSA) is 89.2 Å². The second-order valence-corrected chi connectivity index (χ2v) is 5.91. The van der Waals surface area contributed by atoms with Crippen LogP contribution in [0.5, 0.6) is 0 Å². The van der Waals surface area contributed by atoms with Crippen LogP contribution in [0.25, 0.3) is 0 Å². The van der Waals surface area contributed by atoms with E-state index >= 15 is 0 Å². The lowest BCUT2D eigenvalue weighted by Crippen LogP contribution is -2.36. The van der Waals surface area contributed by atoms with Crippen LogP contribution >= 0.6 is 0 Å². The number of hydrogen-bond donors (Lipinski definition) is 1. The lowest BCUT2D eigenvalue weighted by molar-refractivity contribution is 0.0733. The van der Waals surface area contributed by atoms with Gasteiger partial charge >= 0.3 is 0 Å². The molecule has 24 heavy (non-hydrogen) atoms. The van der Waals surface area contributed by atoms with Gasteiger partial charge in [0, 0.05) is 30.9 Å². The van der Waals surface area contributed by atoms with Crippen LogP contribution in [0.15, 0.2) is 36.7 Å². The molecule has 0 saturated carbocycles. The molecule has 2 unspecified atom stereocenters. The average Bonchev–Trinajstić information content (AvgIpc) is 2.96. The summed E-state index contributed by atoms with van der Waals surface area (Å²) in [5.41, 5.74) is 6.09. The van der Waals surface area contributed by atoms with Gasteiger partial charge in [0.1, 0.15) is 5.82 Å². The highest BCUT2D eigenvalue weighted by Crippen LogP contribution is 2.32. The maximum atomic E-state index is 13.1. The number of likely N-dealkylation sites (tertiary alicyclic amines) is 1. The van der Waals surface area contributed by atoms with Gasteiger partial charge in [0.05, 0.1) is 0 Å². The molecule has 1 saturated heterocycles. The minimum Gasteiger partial charge on any atom is -0.364 e. The Hall–Kier alpha value is -2.83. The fraction of sp³-hybridized carbons (Fsp3) is 0.294. The van der Waals surface area contributed by atoms with E-state index in [0.29, 0.717) is 6.54 Å². The Balaban J connectivity index is 1.84. The fourth-order valence-electron chi connectivity index (χ4n) is 3.10. The lowest BCUT2D eigenvalue weighted by Gasteiger charge is -2.21. The summed E-state index contributed by atoms with van der Waals surface area (Å²) in [6.07, 6.45) is 3.44. The first kappa shape index (κ1) is 16.0. The van der Waals surface area contributed by atoms with Crippen molar-refractivity contribution in [2.24, 2.45) is 5.73 Å². The van der Waals surface area contributed by atoms with Crippen molar-refractivity contribution in [2.75, 3.05) is 6.54 Å². The van der Waals surface area contributed by atoms with Crippen molar-refractivity contribution >= 4 is 11.8 Å². The number of amides is 2. The van der Waals surface area contributed by atoms with Crippen LogP contribution in [-0.4, -0.2) is 39.3 Å². The molecule has 1 aliphatic heterocycles. The second-order valence-electron chi connectivity index (χ2n) is 5.91. The molecule has 1 fully saturated rings. The number of benzene rings is 1. The molecule has 2 amide bonds. The molecule has 2 N–H and O–H groups in total. The molecule has 6 nitrogen and oxygen atoms in total. The number of halogens is 1. The molecule has 3 rings (SSSR count). The molecule has 0 radical (unpaired) electrons. The summed E-state index contributed by atoms with van der Waals surface area (Å²) in [6.45, 7) is 2.40. The Labute approximate surface area is 138 Å². The van der Waals surface area contributed by atoms with Crippen molar-refractivity contribution in [3.05, 3.63) is 59.4 Å². The Kier molecular flexibility index (Phi) is 4.24. The van der Waals surface area contributed by atoms with E-state index in [9.17, 15) is 14.0 Å². The van der Waals surface area contributed by atoms with Crippen molar-refractivity contribution < 1.29 is 14.0 Å². The Morgan fingerprint density at radius 2 is 1.79 bits per heavy atom. The number of carbonyl (C=O) groups excluding carboxylic acids is 2. The summed E-state index contributed by atoms with van der Waals surface area (Å²) in [6, 6.07) is 6.27. The van der Waals surface area contributed by atoms with E-state index in [1.807, 2.05) is 6.92 Å². The Morgan fingerprint density at radius 1 is 1.17 bits per heavy atom. The molecule has 2 atom stereocenters. The van der Waals surface area contributed by atoms with Crippen molar-refractivity contribution in [1.82, 2.24) is 14.9 Å². The van der Waals surface area contributed by atoms with Gasteiger partial charge in [0.25, 0.3) is 11.8 Å². The molecule has 7 heteroatoms. The van der Waals surface area contributed by atoms with Crippen LogP contribution in [-0.2, 0) is 0 Å². The highest BCUT2D eigenvalue weighted by molar-refractivity contribution is 6.04. The minimum absolute atomic E-state index is 0.0309. The normalized spacial score (nSPS) is 20.2. The van der Waals surface area contributed by atoms with Crippen LogP contribution in [0.2, 0.25) is 0 Å². The fourth-order valence-corrected chi connectivity index (χ4v) is 3.10. The van der Waals surface area contributed by atoms with Crippen molar-refractivity contribution in [3.63, 3.8) is 0 Å². The number of hydrogen-bond acceptors (Lipinski definition) is 4. The van der Waals surface area contributed by atoms with E-state index in [2.05, 4.69) is 9.97 Å². The van der Waals surface area contributed by atoms with Crippen LogP contribution in [0, 0.1) is 5.82 Å². The molecule has 1 aromatic heterocycles. The van der Waals surface area contributed by atoms with Crippen LogP contribution < -0.4 is 5.73 Å². The first-order chi connectivity index (χ1) is 11.5. The number of nitrogens with zero attached hydrogens (tertiary/aromatic N) is 3. The monoisotopic (exact) mass is 328 g/mol. The smallest absolute Gasteiger partial charge is 0.275 e. The van der Waals surface area contributed by atoms with Gasteiger partial charge in [-0.05, 0) is 31.0 Å². The minimum atomic E-state index is -0.784. The highest BCUT2D eigenvalue weighted by Gasteiger charge is 2.35. The van der Waals surface area contributed by atoms with E-state index in [1.54, 1.807) is 17.0 Å². The van der Waals surface area contributed by atoms with Crippen LogP contribution in [0.3, 0.4) is 0 Å². The Bertz CT molecular complexity index is 778. The summed E-state index contributed by atoms with van der Waals surface area (Å²) in [7, 11) is 0. The standard InChI is InChI=1S/C17H17FN4O2/c1-10-8-12(11-2-4-13(18)5-3-11)9-22(10)17(24)15-14(16(19)23)20-6-7-21-15/h2-7,10,12H,8-9H2,1H3,(H2,19,23). The van der Waals surface area contributed by atoms with Gasteiger partial charge in [-0.2, -0.15) is 0 Å². The van der Waals surface area contributed by atoms with Gasteiger partial charge in [-0.1, -0.05) is 12.1 Å². The van der Waals surface area contributed by atoms with E-state index in [4.69, 9.17) is 5.73 Å². The van der Waals surface area contributed by atoms with Gasteiger partial charge in [0.15, 0.2) is 11.4 Å². The molecule has 0 spiro atoms. The zero-order chi connectivity index (χ0) is 17.3. The first-order valence-electron chi connectivity index (χ1n) is 7.64. The van der Waals surface area contributed by atoms with Crippen LogP contribution in [0.1, 0.15) is 45.8 Å². The third kappa shape index (κ3) is 2.97. The second kappa shape index (κ2) is 6.35. The number of primary amides is 1. The Morgan fingerprint density at radius 3 is 2.42 bits per heavy atom. The number of carbonyl (C=O) groups is 2. The largest absolute Gasteiger partial charge is 0.364 e. The van der Waals surface area contributed by atoms with Gasteiger partial charge in [-0.25, -0.2) is 14.4 Å². The third-order valence-corrected chi connectivity index (χ3v) is 4.31. The molecule has 1 aromatic carbocycles. The highest BCUT2D eigenvalue weighted by atomic mass is 19.1. The summed E-state index contributed by atoms with van der Waals surface area (Å²) in [5, 5.41) is 0. The van der Waals surface area contributed by atoms with Gasteiger partial charge in [-0.15, -0.1) is 0 Å². The molecular weight excluding hydrogens is 311 g/mol. The molecule has 2 aromatic rings. The molecule has 2 heterocycles. The van der Waals surface area contributed by atoms with Crippen LogP contribution in [0.4, 0.5) is 4.39 Å². The van der Waals surface area contributed by atoms with E-state index in [-0.39, 0.29) is 35.1 Å². The number of aromatic nitrogens is 2. The lowest BCUT2D eigenvalue weighted by atomic mass is 9.97. The SMILES string of the molecule is CC1CC(c2ccc(F)cc2)CN1C(=O)c1nccnc1C(N)=O. The van der Waals surface area contributed by atoms with E-state index in [0.717, 1.165) is 12.0 Å². The maximum Gasteiger partial charge on any atom is 0.275 e. The van der Waals surface area contributed by atoms with E-state index < -0.39 is 5.91 Å². The summed E-state index contributed by atoms with van der Waals surface area (Å²) in [4.78, 5) is 33.7. The molecule has 0 aliphatic carbocycles. The molecule has 124 valence electrons. The van der Waals surface area contributed by atoms with Crippen molar-refractivity contribution in [1.29, 1.82) is 0 Å². The van der Waals surface area contributed by atoms with Crippen molar-refractivity contribution in [3.8, 4) is 0 Å². The predicted octanol–water partition coefficient (Wildman–Crippen LogP) is 1.73. The van der Waals surface area contributed by atoms with Crippen molar-refractivity contribution in [2.45, 2.75) is 25.3 Å². The summed E-state index contributed by atoms with van der Waals surface area (Å²) < 4.78 is 13.1. The van der Waals surface area contributed by atoms with Gasteiger partial charge < -0.3 is 10.6 Å². The zero-order valence-electron chi connectivity index (χ0n) is 13.1. The quantitative estimate of drug-likeness (QED) is 0.929.